The van der Waals surface area contributed by atoms with Gasteiger partial charge in [-0.2, -0.15) is 0 Å². The number of hydrogen-bond acceptors (Lipinski definition) is 2. The summed E-state index contributed by atoms with van der Waals surface area (Å²) < 4.78 is 12.6. The fourth-order valence-electron chi connectivity index (χ4n) is 5.16. The van der Waals surface area contributed by atoms with Gasteiger partial charge in [-0.1, -0.05) is 0 Å². The molecule has 0 unspecified atom stereocenters. The summed E-state index contributed by atoms with van der Waals surface area (Å²) in [6, 6.07) is 2.42. The molecule has 0 N–H and O–H groups in total. The Labute approximate surface area is 165 Å². The average Bonchev–Trinajstić information content (AvgIpc) is 3.19. The van der Waals surface area contributed by atoms with Crippen molar-refractivity contribution in [3.63, 3.8) is 0 Å². The number of nitrogens with zero attached hydrogens (tertiary/aromatic N) is 1. The molecule has 26 heavy (non-hydrogen) atoms. The zero-order valence-electron chi connectivity index (χ0n) is 17.4. The third-order valence-corrected chi connectivity index (χ3v) is 22.4. The molecule has 1 fully saturated rings. The van der Waals surface area contributed by atoms with Crippen LogP contribution >= 0.6 is 0 Å². The van der Waals surface area contributed by atoms with Crippen LogP contribution in [0.2, 0.25) is 13.3 Å². The van der Waals surface area contributed by atoms with Crippen molar-refractivity contribution < 1.29 is 4.42 Å². The molecule has 0 saturated carbocycles. The van der Waals surface area contributed by atoms with E-state index in [4.69, 9.17) is 4.42 Å². The van der Waals surface area contributed by atoms with E-state index in [1.807, 2.05) is 6.26 Å². The van der Waals surface area contributed by atoms with Gasteiger partial charge in [-0.3, -0.25) is 0 Å². The zero-order valence-corrected chi connectivity index (χ0v) is 20.2. The molecule has 0 atom stereocenters. The predicted octanol–water partition coefficient (Wildman–Crippen LogP) is 6.40. The van der Waals surface area contributed by atoms with E-state index in [1.54, 1.807) is 9.15 Å². The molecule has 3 heteroatoms. The number of rotatable bonds is 11. The van der Waals surface area contributed by atoms with Crippen LogP contribution in [-0.2, 0) is 0 Å². The molecule has 0 aromatic carbocycles. The quantitative estimate of drug-likeness (QED) is 0.353. The van der Waals surface area contributed by atoms with Crippen molar-refractivity contribution in [1.82, 2.24) is 4.90 Å². The minimum atomic E-state index is -2.42. The van der Waals surface area contributed by atoms with E-state index in [0.29, 0.717) is 0 Å². The first-order valence-corrected chi connectivity index (χ1v) is 18.8. The van der Waals surface area contributed by atoms with Gasteiger partial charge >= 0.3 is 166 Å². The van der Waals surface area contributed by atoms with Gasteiger partial charge in [0, 0.05) is 0 Å². The van der Waals surface area contributed by atoms with Crippen LogP contribution in [0.15, 0.2) is 22.9 Å². The Morgan fingerprint density at radius 2 is 1.54 bits per heavy atom. The molecule has 3 aliphatic heterocycles. The summed E-state index contributed by atoms with van der Waals surface area (Å²) in [7, 11) is 0. The van der Waals surface area contributed by atoms with E-state index in [1.165, 1.54) is 83.5 Å². The molecule has 0 amide bonds. The normalized spacial score (nSPS) is 17.8. The van der Waals surface area contributed by atoms with Gasteiger partial charge in [-0.25, -0.2) is 0 Å². The molecule has 0 radical (unpaired) electrons. The van der Waals surface area contributed by atoms with E-state index in [-0.39, 0.29) is 0 Å². The summed E-state index contributed by atoms with van der Waals surface area (Å²) in [5.74, 6) is 2.08. The van der Waals surface area contributed by atoms with Gasteiger partial charge in [0.15, 0.2) is 0 Å². The second-order valence-corrected chi connectivity index (χ2v) is 21.8. The summed E-state index contributed by atoms with van der Waals surface area (Å²) in [6.07, 6.45) is 15.4. The Morgan fingerprint density at radius 1 is 0.962 bits per heavy atom. The first-order valence-electron chi connectivity index (χ1n) is 11.3. The number of unbranched alkanes of at least 4 members (excludes halogenated alkanes) is 3. The summed E-state index contributed by atoms with van der Waals surface area (Å²) in [4.78, 5) is 2.53. The number of piperidine rings is 1. The molecule has 4 rings (SSSR count). The average molecular weight is 464 g/mol. The summed E-state index contributed by atoms with van der Waals surface area (Å²) >= 11 is -2.42. The number of furan rings is 1. The van der Waals surface area contributed by atoms with E-state index in [9.17, 15) is 0 Å². The minimum absolute atomic E-state index is 0.748. The van der Waals surface area contributed by atoms with Gasteiger partial charge < -0.3 is 0 Å². The predicted molar refractivity (Wildman–Crippen MR) is 116 cm³/mol. The second-order valence-electron chi connectivity index (χ2n) is 8.65. The molecule has 0 aliphatic carbocycles. The van der Waals surface area contributed by atoms with E-state index >= 15 is 0 Å². The molecule has 0 spiro atoms. The van der Waals surface area contributed by atoms with Crippen LogP contribution in [-0.4, -0.2) is 36.4 Å². The Hall–Kier alpha value is -0.381. The Morgan fingerprint density at radius 3 is 2.00 bits per heavy atom. The summed E-state index contributed by atoms with van der Waals surface area (Å²) in [5.41, 5.74) is 1.55. The van der Waals surface area contributed by atoms with Gasteiger partial charge in [0.05, 0.1) is 0 Å². The molecule has 1 aromatic rings. The molecular formula is C23H39NOSn. The van der Waals surface area contributed by atoms with Crippen molar-refractivity contribution in [3.05, 3.63) is 24.3 Å². The summed E-state index contributed by atoms with van der Waals surface area (Å²) in [5, 5.41) is 0. The van der Waals surface area contributed by atoms with Gasteiger partial charge in [0.25, 0.3) is 0 Å². The fraction of sp³-hybridized carbons (Fsp3) is 0.739. The van der Waals surface area contributed by atoms with E-state index in [2.05, 4.69) is 37.9 Å². The van der Waals surface area contributed by atoms with Gasteiger partial charge in [-0.15, -0.1) is 0 Å². The Balaban J connectivity index is 1.96. The van der Waals surface area contributed by atoms with Crippen molar-refractivity contribution in [1.29, 1.82) is 0 Å². The molecular weight excluding hydrogens is 425 g/mol. The van der Waals surface area contributed by atoms with Crippen molar-refractivity contribution in [2.24, 2.45) is 5.92 Å². The molecule has 3 aliphatic rings. The van der Waals surface area contributed by atoms with Crippen LogP contribution in [0.1, 0.15) is 77.9 Å². The van der Waals surface area contributed by atoms with Crippen molar-refractivity contribution >= 4 is 27.5 Å². The zero-order chi connectivity index (χ0) is 18.4. The van der Waals surface area contributed by atoms with Crippen molar-refractivity contribution in [2.45, 2.75) is 85.4 Å². The topological polar surface area (TPSA) is 16.4 Å². The molecule has 4 heterocycles. The Bertz CT molecular complexity index is 561. The van der Waals surface area contributed by atoms with Gasteiger partial charge in [0.1, 0.15) is 0 Å². The number of allylic oxidation sites excluding steroid dienone is 1. The SMILES string of the molecule is CCC[CH2][Sn]([CH2]CCC)([CH2]CCC)[c]1ccoc1C1=CN2CCC1CC2. The van der Waals surface area contributed by atoms with E-state index < -0.39 is 18.4 Å². The van der Waals surface area contributed by atoms with Gasteiger partial charge in [-0.05, 0) is 0 Å². The fourth-order valence-corrected chi connectivity index (χ4v) is 21.6. The van der Waals surface area contributed by atoms with Crippen LogP contribution in [0.3, 0.4) is 0 Å². The third kappa shape index (κ3) is 4.36. The van der Waals surface area contributed by atoms with Crippen LogP contribution in [0.4, 0.5) is 0 Å². The standard InChI is InChI=1S/C11H12NO.3C4H9.Sn/c1-2-11(13-7-1)10-8-12-5-3-9(10)4-6-12;3*1-3-4-2;/h1,7-9H,3-6H2;3*1,3-4H2,2H3;. The van der Waals surface area contributed by atoms with Crippen LogP contribution in [0.25, 0.3) is 5.57 Å². The maximum absolute atomic E-state index is 6.26. The number of hydrogen-bond donors (Lipinski definition) is 0. The van der Waals surface area contributed by atoms with Crippen LogP contribution in [0.5, 0.6) is 0 Å². The molecule has 2 bridgehead atoms. The third-order valence-electron chi connectivity index (χ3n) is 6.82. The van der Waals surface area contributed by atoms with E-state index in [0.717, 1.165) is 5.92 Å². The van der Waals surface area contributed by atoms with Crippen molar-refractivity contribution in [2.75, 3.05) is 13.1 Å². The monoisotopic (exact) mass is 465 g/mol. The van der Waals surface area contributed by atoms with Gasteiger partial charge in [0.2, 0.25) is 0 Å². The number of fused-ring (bicyclic) bond motifs is 2. The first-order chi connectivity index (χ1) is 12.7. The van der Waals surface area contributed by atoms with Crippen LogP contribution < -0.4 is 3.58 Å². The Kier molecular flexibility index (Phi) is 7.60. The maximum atomic E-state index is 6.26. The second kappa shape index (κ2) is 9.70. The first kappa shape index (κ1) is 20.4. The molecule has 1 saturated heterocycles. The summed E-state index contributed by atoms with van der Waals surface area (Å²) in [6.45, 7) is 9.59. The molecule has 146 valence electrons. The molecule has 2 nitrogen and oxygen atoms in total. The van der Waals surface area contributed by atoms with Crippen LogP contribution in [0, 0.1) is 5.92 Å². The molecule has 1 aromatic heterocycles. The van der Waals surface area contributed by atoms with Crippen molar-refractivity contribution in [3.8, 4) is 0 Å².